The molecular weight excluding hydrogens is 292 g/mol. The minimum atomic E-state index is -0.804. The maximum Gasteiger partial charge on any atom is 0.293 e. The Morgan fingerprint density at radius 1 is 1.04 bits per heavy atom. The number of Topliss-reactive ketones (excluding diaryl/α,β-unsaturated/α-hetero) is 1. The van der Waals surface area contributed by atoms with Crippen LogP contribution < -0.4 is 4.74 Å². The van der Waals surface area contributed by atoms with E-state index in [9.17, 15) is 9.59 Å². The summed E-state index contributed by atoms with van der Waals surface area (Å²) in [5.74, 6) is 0.625. The van der Waals surface area contributed by atoms with Crippen LogP contribution in [-0.4, -0.2) is 17.9 Å². The standard InChI is InChI=1S/C19H20O4/c1-19(2,23-14-20)12-18(21)16-8-10-17(11-9-16)22-13-15-6-4-3-5-7-15/h3-11,14H,12-13H2,1-2H3. The van der Waals surface area contributed by atoms with Gasteiger partial charge in [0.1, 0.15) is 18.0 Å². The van der Waals surface area contributed by atoms with Crippen LogP contribution >= 0.6 is 0 Å². The fraction of sp³-hybridized carbons (Fsp3) is 0.263. The molecule has 0 saturated heterocycles. The first kappa shape index (κ1) is 16.7. The van der Waals surface area contributed by atoms with Crippen LogP contribution in [-0.2, 0) is 16.1 Å². The molecule has 0 aliphatic heterocycles. The maximum atomic E-state index is 12.2. The first-order valence-corrected chi connectivity index (χ1v) is 7.42. The summed E-state index contributed by atoms with van der Waals surface area (Å²) in [6, 6.07) is 16.8. The van der Waals surface area contributed by atoms with Crippen molar-refractivity contribution in [1.29, 1.82) is 0 Å². The topological polar surface area (TPSA) is 52.6 Å². The van der Waals surface area contributed by atoms with Crippen molar-refractivity contribution in [3.63, 3.8) is 0 Å². The van der Waals surface area contributed by atoms with Crippen molar-refractivity contribution in [2.75, 3.05) is 0 Å². The van der Waals surface area contributed by atoms with Gasteiger partial charge in [0.2, 0.25) is 0 Å². The molecule has 0 aromatic heterocycles. The van der Waals surface area contributed by atoms with Crippen LogP contribution in [0.25, 0.3) is 0 Å². The summed E-state index contributed by atoms with van der Waals surface area (Å²) < 4.78 is 10.6. The second-order valence-corrected chi connectivity index (χ2v) is 5.87. The van der Waals surface area contributed by atoms with Crippen molar-refractivity contribution in [2.24, 2.45) is 0 Å². The zero-order valence-electron chi connectivity index (χ0n) is 13.3. The summed E-state index contributed by atoms with van der Waals surface area (Å²) in [6.07, 6.45) is 0.135. The molecule has 120 valence electrons. The number of hydrogen-bond donors (Lipinski definition) is 0. The lowest BCUT2D eigenvalue weighted by Gasteiger charge is -2.21. The van der Waals surface area contributed by atoms with E-state index < -0.39 is 5.60 Å². The molecule has 2 aromatic rings. The van der Waals surface area contributed by atoms with E-state index in [2.05, 4.69) is 0 Å². The third kappa shape index (κ3) is 5.25. The van der Waals surface area contributed by atoms with E-state index in [1.54, 1.807) is 38.1 Å². The molecule has 4 nitrogen and oxygen atoms in total. The number of carbonyl (C=O) groups is 2. The van der Waals surface area contributed by atoms with Crippen LogP contribution in [0.3, 0.4) is 0 Å². The molecule has 0 atom stereocenters. The Labute approximate surface area is 136 Å². The Bertz CT molecular complexity index is 645. The lowest BCUT2D eigenvalue weighted by molar-refractivity contribution is -0.139. The zero-order chi connectivity index (χ0) is 16.7. The Kier molecular flexibility index (Phi) is 5.52. The molecule has 0 amide bonds. The smallest absolute Gasteiger partial charge is 0.293 e. The molecular formula is C19H20O4. The predicted molar refractivity (Wildman–Crippen MR) is 87.4 cm³/mol. The summed E-state index contributed by atoms with van der Waals surface area (Å²) in [6.45, 7) is 4.26. The maximum absolute atomic E-state index is 12.2. The van der Waals surface area contributed by atoms with Crippen LogP contribution in [0.1, 0.15) is 36.2 Å². The molecule has 0 radical (unpaired) electrons. The zero-order valence-corrected chi connectivity index (χ0v) is 13.3. The highest BCUT2D eigenvalue weighted by atomic mass is 16.5. The predicted octanol–water partition coefficient (Wildman–Crippen LogP) is 3.79. The fourth-order valence-electron chi connectivity index (χ4n) is 2.14. The molecule has 2 rings (SSSR count). The van der Waals surface area contributed by atoms with E-state index in [4.69, 9.17) is 9.47 Å². The number of ketones is 1. The van der Waals surface area contributed by atoms with E-state index in [-0.39, 0.29) is 12.2 Å². The van der Waals surface area contributed by atoms with Crippen molar-refractivity contribution >= 4 is 12.3 Å². The molecule has 0 spiro atoms. The van der Waals surface area contributed by atoms with Gasteiger partial charge in [0.15, 0.2) is 5.78 Å². The minimum absolute atomic E-state index is 0.0774. The lowest BCUT2D eigenvalue weighted by atomic mass is 9.97. The lowest BCUT2D eigenvalue weighted by Crippen LogP contribution is -2.27. The van der Waals surface area contributed by atoms with E-state index in [0.29, 0.717) is 24.4 Å². The second kappa shape index (κ2) is 7.58. The van der Waals surface area contributed by atoms with E-state index in [1.807, 2.05) is 30.3 Å². The molecule has 0 aliphatic carbocycles. The Balaban J connectivity index is 1.93. The van der Waals surface area contributed by atoms with Crippen LogP contribution in [0, 0.1) is 0 Å². The van der Waals surface area contributed by atoms with Crippen molar-refractivity contribution < 1.29 is 19.1 Å². The van der Waals surface area contributed by atoms with Gasteiger partial charge in [0.25, 0.3) is 6.47 Å². The van der Waals surface area contributed by atoms with Gasteiger partial charge in [-0.05, 0) is 43.7 Å². The van der Waals surface area contributed by atoms with Gasteiger partial charge >= 0.3 is 0 Å². The van der Waals surface area contributed by atoms with E-state index in [0.717, 1.165) is 5.56 Å². The summed E-state index contributed by atoms with van der Waals surface area (Å²) in [4.78, 5) is 22.6. The summed E-state index contributed by atoms with van der Waals surface area (Å²) in [7, 11) is 0. The SMILES string of the molecule is CC(C)(CC(=O)c1ccc(OCc2ccccc2)cc1)OC=O. The first-order valence-electron chi connectivity index (χ1n) is 7.42. The third-order valence-corrected chi connectivity index (χ3v) is 3.38. The Hall–Kier alpha value is -2.62. The molecule has 0 N–H and O–H groups in total. The summed E-state index contributed by atoms with van der Waals surface area (Å²) in [5, 5.41) is 0. The highest BCUT2D eigenvalue weighted by molar-refractivity contribution is 5.96. The average Bonchev–Trinajstić information content (AvgIpc) is 2.54. The highest BCUT2D eigenvalue weighted by Crippen LogP contribution is 2.20. The van der Waals surface area contributed by atoms with Gasteiger partial charge in [-0.15, -0.1) is 0 Å². The van der Waals surface area contributed by atoms with Gasteiger partial charge < -0.3 is 9.47 Å². The monoisotopic (exact) mass is 312 g/mol. The Morgan fingerprint density at radius 3 is 2.30 bits per heavy atom. The normalized spacial score (nSPS) is 10.9. The van der Waals surface area contributed by atoms with Crippen molar-refractivity contribution in [3.8, 4) is 5.75 Å². The van der Waals surface area contributed by atoms with Gasteiger partial charge in [0.05, 0.1) is 6.42 Å². The van der Waals surface area contributed by atoms with Crippen molar-refractivity contribution in [2.45, 2.75) is 32.5 Å². The van der Waals surface area contributed by atoms with Gasteiger partial charge in [-0.1, -0.05) is 30.3 Å². The molecule has 0 fully saturated rings. The average molecular weight is 312 g/mol. The molecule has 0 unspecified atom stereocenters. The quantitative estimate of drug-likeness (QED) is 0.550. The number of rotatable bonds is 8. The number of benzene rings is 2. The fourth-order valence-corrected chi connectivity index (χ4v) is 2.14. The van der Waals surface area contributed by atoms with Crippen LogP contribution in [0.5, 0.6) is 5.75 Å². The minimum Gasteiger partial charge on any atom is -0.489 e. The molecule has 23 heavy (non-hydrogen) atoms. The molecule has 0 heterocycles. The number of ether oxygens (including phenoxy) is 2. The van der Waals surface area contributed by atoms with Crippen LogP contribution in [0.2, 0.25) is 0 Å². The van der Waals surface area contributed by atoms with Gasteiger partial charge in [-0.2, -0.15) is 0 Å². The molecule has 4 heteroatoms. The molecule has 2 aromatic carbocycles. The third-order valence-electron chi connectivity index (χ3n) is 3.38. The van der Waals surface area contributed by atoms with Gasteiger partial charge in [0, 0.05) is 5.56 Å². The molecule has 0 saturated carbocycles. The van der Waals surface area contributed by atoms with Crippen LogP contribution in [0.4, 0.5) is 0 Å². The number of carbonyl (C=O) groups excluding carboxylic acids is 2. The van der Waals surface area contributed by atoms with Crippen molar-refractivity contribution in [3.05, 3.63) is 65.7 Å². The van der Waals surface area contributed by atoms with E-state index in [1.165, 1.54) is 0 Å². The van der Waals surface area contributed by atoms with Crippen molar-refractivity contribution in [1.82, 2.24) is 0 Å². The number of hydrogen-bond acceptors (Lipinski definition) is 4. The highest BCUT2D eigenvalue weighted by Gasteiger charge is 2.23. The molecule has 0 bridgehead atoms. The van der Waals surface area contributed by atoms with Gasteiger partial charge in [-0.3, -0.25) is 9.59 Å². The summed E-state index contributed by atoms with van der Waals surface area (Å²) >= 11 is 0. The Morgan fingerprint density at radius 2 is 1.70 bits per heavy atom. The second-order valence-electron chi connectivity index (χ2n) is 5.87. The largest absolute Gasteiger partial charge is 0.489 e. The molecule has 0 aliphatic rings. The van der Waals surface area contributed by atoms with Crippen LogP contribution in [0.15, 0.2) is 54.6 Å². The first-order chi connectivity index (χ1) is 11.0. The van der Waals surface area contributed by atoms with E-state index >= 15 is 0 Å². The summed E-state index contributed by atoms with van der Waals surface area (Å²) in [5.41, 5.74) is 0.849. The van der Waals surface area contributed by atoms with Gasteiger partial charge in [-0.25, -0.2) is 0 Å².